The van der Waals surface area contributed by atoms with E-state index in [2.05, 4.69) is 10.4 Å². The van der Waals surface area contributed by atoms with Gasteiger partial charge in [-0.25, -0.2) is 18.1 Å². The van der Waals surface area contributed by atoms with Crippen molar-refractivity contribution in [2.75, 3.05) is 16.8 Å². The van der Waals surface area contributed by atoms with Gasteiger partial charge in [0, 0.05) is 11.6 Å². The van der Waals surface area contributed by atoms with E-state index >= 15 is 0 Å². The van der Waals surface area contributed by atoms with Gasteiger partial charge in [0.05, 0.1) is 44.9 Å². The van der Waals surface area contributed by atoms with Crippen LogP contribution in [0.25, 0.3) is 11.0 Å². The number of anilines is 1. The van der Waals surface area contributed by atoms with Crippen molar-refractivity contribution in [1.82, 2.24) is 14.8 Å². The van der Waals surface area contributed by atoms with Crippen LogP contribution in [0.15, 0.2) is 30.3 Å². The van der Waals surface area contributed by atoms with Crippen molar-refractivity contribution in [2.45, 2.75) is 38.1 Å². The van der Waals surface area contributed by atoms with E-state index in [1.165, 1.54) is 0 Å². The summed E-state index contributed by atoms with van der Waals surface area (Å²) in [6.07, 6.45) is 2.58. The number of aryl methyl sites for hydroxylation is 1. The van der Waals surface area contributed by atoms with Crippen molar-refractivity contribution < 1.29 is 13.2 Å². The van der Waals surface area contributed by atoms with Gasteiger partial charge in [-0.1, -0.05) is 23.7 Å². The number of fused-ring (bicyclic) bond motifs is 1. The van der Waals surface area contributed by atoms with Gasteiger partial charge in [0.25, 0.3) is 5.91 Å². The van der Waals surface area contributed by atoms with Crippen LogP contribution in [0, 0.1) is 6.92 Å². The number of nitrogens with zero attached hydrogens (tertiary/aromatic N) is 3. The normalized spacial score (nSPS) is 20.5. The quantitative estimate of drug-likeness (QED) is 0.658. The molecule has 1 aromatic carbocycles. The van der Waals surface area contributed by atoms with Crippen LogP contribution >= 0.6 is 11.6 Å². The Balaban J connectivity index is 1.63. The lowest BCUT2D eigenvalue weighted by Gasteiger charge is -2.12. The van der Waals surface area contributed by atoms with E-state index in [9.17, 15) is 13.2 Å². The summed E-state index contributed by atoms with van der Waals surface area (Å²) in [4.78, 5) is 18.0. The minimum absolute atomic E-state index is 0.0553. The number of carbonyl (C=O) groups is 1. The van der Waals surface area contributed by atoms with E-state index in [1.54, 1.807) is 22.9 Å². The molecule has 1 N–H and O–H groups in total. The van der Waals surface area contributed by atoms with Crippen LogP contribution in [0.3, 0.4) is 0 Å². The largest absolute Gasteiger partial charge is 0.321 e. The molecule has 1 amide bonds. The summed E-state index contributed by atoms with van der Waals surface area (Å²) in [6.45, 7) is 1.83. The SMILES string of the molecule is Cc1nn([C@@H]2CCS(=O)(=O)C2)c2nc(C3CC3)cc(C(=O)Nc3ccccc3Cl)c12. The summed E-state index contributed by atoms with van der Waals surface area (Å²) < 4.78 is 25.7. The molecule has 1 atom stereocenters. The van der Waals surface area contributed by atoms with Crippen LogP contribution in [0.4, 0.5) is 5.69 Å². The van der Waals surface area contributed by atoms with E-state index in [0.29, 0.717) is 45.3 Å². The van der Waals surface area contributed by atoms with Crippen LogP contribution in [-0.4, -0.2) is 40.6 Å². The number of rotatable bonds is 4. The van der Waals surface area contributed by atoms with Gasteiger partial charge in [-0.3, -0.25) is 4.79 Å². The zero-order chi connectivity index (χ0) is 21.0. The topological polar surface area (TPSA) is 93.9 Å². The Morgan fingerprint density at radius 2 is 2.00 bits per heavy atom. The number of benzene rings is 1. The third-order valence-electron chi connectivity index (χ3n) is 5.77. The van der Waals surface area contributed by atoms with E-state index in [1.807, 2.05) is 19.1 Å². The highest BCUT2D eigenvalue weighted by Gasteiger charge is 2.34. The van der Waals surface area contributed by atoms with Crippen molar-refractivity contribution in [3.05, 3.63) is 52.3 Å². The Kier molecular flexibility index (Phi) is 4.59. The third kappa shape index (κ3) is 3.48. The number of para-hydroxylation sites is 1. The highest BCUT2D eigenvalue weighted by Crippen LogP contribution is 2.41. The standard InChI is InChI=1S/C21H21ClN4O3S/c1-12-19-15(21(27)24-17-5-3-2-4-16(17)22)10-18(13-6-7-13)23-20(19)26(25-12)14-8-9-30(28,29)11-14/h2-5,10,13-14H,6-9,11H2,1H3,(H,24,27)/t14-/m1/s1. The molecule has 0 spiro atoms. The van der Waals surface area contributed by atoms with Crippen LogP contribution in [0.1, 0.15) is 53.0 Å². The predicted octanol–water partition coefficient (Wildman–Crippen LogP) is 3.88. The van der Waals surface area contributed by atoms with Gasteiger partial charge in [-0.15, -0.1) is 0 Å². The Labute approximate surface area is 179 Å². The Morgan fingerprint density at radius 3 is 2.67 bits per heavy atom. The van der Waals surface area contributed by atoms with E-state index in [4.69, 9.17) is 16.6 Å². The molecule has 2 aromatic heterocycles. The number of pyridine rings is 1. The lowest BCUT2D eigenvalue weighted by molar-refractivity contribution is 0.102. The summed E-state index contributed by atoms with van der Waals surface area (Å²) in [5.41, 5.74) is 3.13. The van der Waals surface area contributed by atoms with Crippen LogP contribution < -0.4 is 5.32 Å². The minimum Gasteiger partial charge on any atom is -0.321 e. The lowest BCUT2D eigenvalue weighted by Crippen LogP contribution is -2.15. The molecular weight excluding hydrogens is 424 g/mol. The third-order valence-corrected chi connectivity index (χ3v) is 7.85. The number of nitrogens with one attached hydrogen (secondary N) is 1. The molecule has 5 rings (SSSR count). The molecule has 0 unspecified atom stereocenters. The molecular formula is C21H21ClN4O3S. The highest BCUT2D eigenvalue weighted by molar-refractivity contribution is 7.91. The zero-order valence-electron chi connectivity index (χ0n) is 16.4. The first-order valence-corrected chi connectivity index (χ1v) is 12.2. The van der Waals surface area contributed by atoms with Gasteiger partial charge in [-0.05, 0) is 44.4 Å². The van der Waals surface area contributed by atoms with Crippen LogP contribution in [0.5, 0.6) is 0 Å². The van der Waals surface area contributed by atoms with Gasteiger partial charge in [-0.2, -0.15) is 5.10 Å². The zero-order valence-corrected chi connectivity index (χ0v) is 18.0. The second-order valence-corrected chi connectivity index (χ2v) is 10.7. The molecule has 0 bridgehead atoms. The fraction of sp³-hybridized carbons (Fsp3) is 0.381. The fourth-order valence-electron chi connectivity index (χ4n) is 4.07. The van der Waals surface area contributed by atoms with Crippen molar-refractivity contribution in [2.24, 2.45) is 0 Å². The molecule has 0 radical (unpaired) electrons. The van der Waals surface area contributed by atoms with Crippen molar-refractivity contribution in [3.8, 4) is 0 Å². The Morgan fingerprint density at radius 1 is 1.23 bits per heavy atom. The molecule has 1 aliphatic heterocycles. The smallest absolute Gasteiger partial charge is 0.256 e. The molecule has 1 saturated heterocycles. The van der Waals surface area contributed by atoms with Crippen molar-refractivity contribution in [3.63, 3.8) is 0 Å². The maximum Gasteiger partial charge on any atom is 0.256 e. The van der Waals surface area contributed by atoms with Gasteiger partial charge >= 0.3 is 0 Å². The number of halogens is 1. The number of carbonyl (C=O) groups excluding carboxylic acids is 1. The summed E-state index contributed by atoms with van der Waals surface area (Å²) in [5.74, 6) is 0.260. The molecule has 2 fully saturated rings. The first kappa shape index (κ1) is 19.5. The van der Waals surface area contributed by atoms with Crippen LogP contribution in [-0.2, 0) is 9.84 Å². The monoisotopic (exact) mass is 444 g/mol. The van der Waals surface area contributed by atoms with E-state index in [-0.39, 0.29) is 23.5 Å². The molecule has 1 aliphatic carbocycles. The first-order chi connectivity index (χ1) is 14.3. The highest BCUT2D eigenvalue weighted by atomic mass is 35.5. The Bertz CT molecular complexity index is 1280. The molecule has 9 heteroatoms. The van der Waals surface area contributed by atoms with Gasteiger partial charge in [0.15, 0.2) is 15.5 Å². The average Bonchev–Trinajstić information content (AvgIpc) is 3.42. The van der Waals surface area contributed by atoms with E-state index < -0.39 is 9.84 Å². The number of hydrogen-bond donors (Lipinski definition) is 1. The predicted molar refractivity (Wildman–Crippen MR) is 116 cm³/mol. The van der Waals surface area contributed by atoms with Gasteiger partial charge in [0.2, 0.25) is 0 Å². The molecule has 30 heavy (non-hydrogen) atoms. The molecule has 156 valence electrons. The van der Waals surface area contributed by atoms with Crippen molar-refractivity contribution in [1.29, 1.82) is 0 Å². The molecule has 2 aliphatic rings. The van der Waals surface area contributed by atoms with Gasteiger partial charge < -0.3 is 5.32 Å². The number of aromatic nitrogens is 3. The molecule has 3 aromatic rings. The van der Waals surface area contributed by atoms with Crippen LogP contribution in [0.2, 0.25) is 5.02 Å². The summed E-state index contributed by atoms with van der Waals surface area (Å²) in [7, 11) is -3.07. The lowest BCUT2D eigenvalue weighted by atomic mass is 10.1. The average molecular weight is 445 g/mol. The molecule has 1 saturated carbocycles. The molecule has 7 nitrogen and oxygen atoms in total. The molecule has 3 heterocycles. The number of hydrogen-bond acceptors (Lipinski definition) is 5. The first-order valence-electron chi connectivity index (χ1n) is 9.98. The summed E-state index contributed by atoms with van der Waals surface area (Å²) >= 11 is 6.21. The second kappa shape index (κ2) is 7.06. The summed E-state index contributed by atoms with van der Waals surface area (Å²) in [5, 5.41) is 8.62. The Hall–Kier alpha value is -2.45. The fourth-order valence-corrected chi connectivity index (χ4v) is 5.95. The summed E-state index contributed by atoms with van der Waals surface area (Å²) in [6, 6.07) is 8.67. The maximum atomic E-state index is 13.2. The number of sulfone groups is 1. The van der Waals surface area contributed by atoms with Gasteiger partial charge in [0.1, 0.15) is 0 Å². The van der Waals surface area contributed by atoms with E-state index in [0.717, 1.165) is 18.5 Å². The maximum absolute atomic E-state index is 13.2. The second-order valence-electron chi connectivity index (χ2n) is 8.09. The minimum atomic E-state index is -3.07. The number of amides is 1. The van der Waals surface area contributed by atoms with Crippen molar-refractivity contribution >= 4 is 44.1 Å².